The van der Waals surface area contributed by atoms with Crippen LogP contribution in [0.1, 0.15) is 33.2 Å². The number of carbonyl (C=O) groups is 1. The van der Waals surface area contributed by atoms with Crippen molar-refractivity contribution in [1.29, 1.82) is 0 Å². The third-order valence-corrected chi connectivity index (χ3v) is 8.84. The molecule has 0 aromatic heterocycles. The fraction of sp³-hybridized carbons (Fsp3) is 0.194. The van der Waals surface area contributed by atoms with Crippen molar-refractivity contribution in [3.8, 4) is 0 Å². The van der Waals surface area contributed by atoms with Gasteiger partial charge in [0, 0.05) is 24.7 Å². The molecule has 0 unspecified atom stereocenters. The molecule has 0 aliphatic heterocycles. The first-order valence-corrected chi connectivity index (χ1v) is 14.8. The summed E-state index contributed by atoms with van der Waals surface area (Å²) in [5.41, 5.74) is 2.92. The molecule has 0 aliphatic rings. The molecule has 6 nitrogen and oxygen atoms in total. The molecule has 40 heavy (non-hydrogen) atoms. The van der Waals surface area contributed by atoms with Crippen LogP contribution in [-0.4, -0.2) is 44.6 Å². The van der Waals surface area contributed by atoms with Crippen molar-refractivity contribution in [1.82, 2.24) is 4.90 Å². The van der Waals surface area contributed by atoms with Gasteiger partial charge in [0.25, 0.3) is 0 Å². The topological polar surface area (TPSA) is 83.9 Å². The average molecular weight is 599 g/mol. The molecule has 0 aliphatic carbocycles. The normalized spacial score (nSPS) is 12.3. The van der Waals surface area contributed by atoms with E-state index in [1.807, 2.05) is 42.5 Å². The number of hydrogen-bond acceptors (Lipinski definition) is 6. The summed E-state index contributed by atoms with van der Waals surface area (Å²) in [6.07, 6.45) is -0.0675. The number of methoxy groups -OCH3 is 1. The highest BCUT2D eigenvalue weighted by Crippen LogP contribution is 2.27. The van der Waals surface area contributed by atoms with Gasteiger partial charge in [0.15, 0.2) is 0 Å². The second-order valence-electron chi connectivity index (χ2n) is 9.32. The first kappa shape index (κ1) is 29.8. The van der Waals surface area contributed by atoms with Crippen molar-refractivity contribution in [2.45, 2.75) is 28.9 Å². The molecule has 1 atom stereocenters. The molecular weight excluding hydrogens is 569 g/mol. The van der Waals surface area contributed by atoms with E-state index in [0.717, 1.165) is 16.7 Å². The molecule has 4 aromatic carbocycles. The van der Waals surface area contributed by atoms with Gasteiger partial charge in [-0.3, -0.25) is 4.90 Å². The minimum Gasteiger partial charge on any atom is -0.465 e. The molecule has 0 spiro atoms. The number of esters is 1. The summed E-state index contributed by atoms with van der Waals surface area (Å²) < 4.78 is 31.0. The first-order valence-electron chi connectivity index (χ1n) is 12.6. The zero-order chi connectivity index (χ0) is 28.7. The third kappa shape index (κ3) is 7.50. The summed E-state index contributed by atoms with van der Waals surface area (Å²) in [6.45, 7) is 1.69. The highest BCUT2D eigenvalue weighted by atomic mass is 35.5. The number of carbonyl (C=O) groups excluding carboxylic acids is 1. The maximum atomic E-state index is 13.2. The number of aliphatic hydroxyl groups is 1. The van der Waals surface area contributed by atoms with E-state index >= 15 is 0 Å². The molecule has 0 heterocycles. The molecule has 0 saturated heterocycles. The van der Waals surface area contributed by atoms with Gasteiger partial charge in [0.05, 0.1) is 33.6 Å². The van der Waals surface area contributed by atoms with Gasteiger partial charge in [-0.05, 0) is 65.6 Å². The lowest BCUT2D eigenvalue weighted by atomic mass is 10.1. The Hall–Kier alpha value is -3.20. The zero-order valence-electron chi connectivity index (χ0n) is 21.8. The van der Waals surface area contributed by atoms with Gasteiger partial charge in [0.2, 0.25) is 9.84 Å². The predicted octanol–water partition coefficient (Wildman–Crippen LogP) is 6.39. The quantitative estimate of drug-likeness (QED) is 0.202. The van der Waals surface area contributed by atoms with Crippen molar-refractivity contribution < 1.29 is 23.1 Å². The fourth-order valence-corrected chi connectivity index (χ4v) is 6.15. The SMILES string of the molecule is COC(=O)c1ccc(S(=O)(=O)c2ccc(CCN(Cc3ccccc3)C[C@@H](O)c3cccc(Cl)c3)cc2)cc1Cl. The lowest BCUT2D eigenvalue weighted by Crippen LogP contribution is -2.30. The maximum absolute atomic E-state index is 13.2. The molecule has 0 fully saturated rings. The van der Waals surface area contributed by atoms with Crippen LogP contribution < -0.4 is 0 Å². The summed E-state index contributed by atoms with van der Waals surface area (Å²) in [4.78, 5) is 14.1. The summed E-state index contributed by atoms with van der Waals surface area (Å²) in [5, 5.41) is 11.5. The Balaban J connectivity index is 1.47. The van der Waals surface area contributed by atoms with Gasteiger partial charge in [-0.15, -0.1) is 0 Å². The van der Waals surface area contributed by atoms with Crippen molar-refractivity contribution in [2.75, 3.05) is 20.2 Å². The van der Waals surface area contributed by atoms with E-state index in [0.29, 0.717) is 31.1 Å². The number of benzene rings is 4. The number of aliphatic hydroxyl groups excluding tert-OH is 1. The van der Waals surface area contributed by atoms with Crippen molar-refractivity contribution in [2.24, 2.45) is 0 Å². The van der Waals surface area contributed by atoms with Crippen LogP contribution in [0.25, 0.3) is 0 Å². The van der Waals surface area contributed by atoms with Crippen LogP contribution in [0.3, 0.4) is 0 Å². The first-order chi connectivity index (χ1) is 19.2. The van der Waals surface area contributed by atoms with Crippen LogP contribution in [0.2, 0.25) is 10.0 Å². The molecule has 0 radical (unpaired) electrons. The number of hydrogen-bond donors (Lipinski definition) is 1. The van der Waals surface area contributed by atoms with E-state index in [9.17, 15) is 18.3 Å². The van der Waals surface area contributed by atoms with Gasteiger partial charge < -0.3 is 9.84 Å². The van der Waals surface area contributed by atoms with Gasteiger partial charge >= 0.3 is 5.97 Å². The van der Waals surface area contributed by atoms with E-state index in [4.69, 9.17) is 23.2 Å². The van der Waals surface area contributed by atoms with E-state index in [1.165, 1.54) is 25.3 Å². The Bertz CT molecular complexity index is 1560. The lowest BCUT2D eigenvalue weighted by Gasteiger charge is -2.25. The minimum absolute atomic E-state index is 0.00279. The number of nitrogens with zero attached hydrogens (tertiary/aromatic N) is 1. The molecule has 4 rings (SSSR count). The fourth-order valence-electron chi connectivity index (χ4n) is 4.34. The highest BCUT2D eigenvalue weighted by Gasteiger charge is 2.21. The molecule has 208 valence electrons. The molecule has 4 aromatic rings. The van der Waals surface area contributed by atoms with Gasteiger partial charge in [-0.25, -0.2) is 13.2 Å². The van der Waals surface area contributed by atoms with Gasteiger partial charge in [-0.1, -0.05) is 77.8 Å². The van der Waals surface area contributed by atoms with E-state index in [1.54, 1.807) is 36.4 Å². The monoisotopic (exact) mass is 597 g/mol. The molecule has 0 saturated carbocycles. The third-order valence-electron chi connectivity index (χ3n) is 6.52. The van der Waals surface area contributed by atoms with E-state index in [2.05, 4.69) is 9.64 Å². The molecule has 0 bridgehead atoms. The summed E-state index contributed by atoms with van der Waals surface area (Å²) in [7, 11) is -2.61. The average Bonchev–Trinajstić information content (AvgIpc) is 2.96. The summed E-state index contributed by atoms with van der Waals surface area (Å²) in [6, 6.07) is 27.9. The minimum atomic E-state index is -3.84. The second kappa shape index (κ2) is 13.4. The number of halogens is 2. The number of rotatable bonds is 11. The predicted molar refractivity (Wildman–Crippen MR) is 157 cm³/mol. The number of sulfone groups is 1. The van der Waals surface area contributed by atoms with Crippen LogP contribution in [0.5, 0.6) is 0 Å². The summed E-state index contributed by atoms with van der Waals surface area (Å²) >= 11 is 12.3. The molecule has 1 N–H and O–H groups in total. The molecular formula is C31H29Cl2NO5S. The van der Waals surface area contributed by atoms with Crippen LogP contribution in [-0.2, 0) is 27.5 Å². The van der Waals surface area contributed by atoms with Crippen molar-refractivity contribution >= 4 is 39.0 Å². The molecule has 0 amide bonds. The Morgan fingerprint density at radius 1 is 0.875 bits per heavy atom. The Kier molecular flexibility index (Phi) is 10.0. The van der Waals surface area contributed by atoms with Gasteiger partial charge in [0.1, 0.15) is 0 Å². The van der Waals surface area contributed by atoms with Crippen molar-refractivity contribution in [3.05, 3.63) is 129 Å². The standard InChI is InChI=1S/C31H29Cl2NO5S/c1-39-31(36)28-15-14-27(19-29(28)33)40(37,38)26-12-10-22(11-13-26)16-17-34(20-23-6-3-2-4-7-23)21-30(35)24-8-5-9-25(32)18-24/h2-15,18-19,30,35H,16-17,20-21H2,1H3/t30-/m1/s1. The second-order valence-corrected chi connectivity index (χ2v) is 12.1. The van der Waals surface area contributed by atoms with Gasteiger partial charge in [-0.2, -0.15) is 0 Å². The zero-order valence-corrected chi connectivity index (χ0v) is 24.2. The highest BCUT2D eigenvalue weighted by molar-refractivity contribution is 7.91. The number of ether oxygens (including phenoxy) is 1. The Morgan fingerprint density at radius 3 is 2.23 bits per heavy atom. The Labute approximate surface area is 244 Å². The smallest absolute Gasteiger partial charge is 0.339 e. The lowest BCUT2D eigenvalue weighted by molar-refractivity contribution is 0.0600. The van der Waals surface area contributed by atoms with Crippen LogP contribution in [0, 0.1) is 0 Å². The van der Waals surface area contributed by atoms with E-state index in [-0.39, 0.29) is 20.4 Å². The maximum Gasteiger partial charge on any atom is 0.339 e. The largest absolute Gasteiger partial charge is 0.465 e. The van der Waals surface area contributed by atoms with E-state index < -0.39 is 21.9 Å². The van der Waals surface area contributed by atoms with Crippen molar-refractivity contribution in [3.63, 3.8) is 0 Å². The van der Waals surface area contributed by atoms with Crippen LogP contribution in [0.15, 0.2) is 107 Å². The Morgan fingerprint density at radius 2 is 1.57 bits per heavy atom. The molecule has 9 heteroatoms. The van der Waals surface area contributed by atoms with Crippen LogP contribution >= 0.6 is 23.2 Å². The van der Waals surface area contributed by atoms with Crippen LogP contribution in [0.4, 0.5) is 0 Å². The summed E-state index contributed by atoms with van der Waals surface area (Å²) in [5.74, 6) is -0.639.